The van der Waals surface area contributed by atoms with Crippen molar-refractivity contribution in [3.8, 4) is 17.0 Å². The van der Waals surface area contributed by atoms with Crippen LogP contribution in [-0.2, 0) is 0 Å². The number of hydrogen-bond acceptors (Lipinski definition) is 7. The summed E-state index contributed by atoms with van der Waals surface area (Å²) in [5, 5.41) is 13.9. The normalized spacial score (nSPS) is 16.8. The Morgan fingerprint density at radius 3 is 2.74 bits per heavy atom. The second kappa shape index (κ2) is 8.47. The number of rotatable bonds is 5. The van der Waals surface area contributed by atoms with Gasteiger partial charge in [-0.2, -0.15) is 0 Å². The Morgan fingerprint density at radius 2 is 2.00 bits per heavy atom. The average molecular weight is 423 g/mol. The molecule has 1 fully saturated rings. The maximum absolute atomic E-state index is 14.4. The summed E-state index contributed by atoms with van der Waals surface area (Å²) in [6.07, 6.45) is 2.54. The quantitative estimate of drug-likeness (QED) is 0.431. The highest BCUT2D eigenvalue weighted by Gasteiger charge is 2.24. The molecular weight excluding hydrogens is 395 g/mol. The number of benzene rings is 1. The molecule has 2 aromatic heterocycles. The molecular formula is C23H27FN6O. The van der Waals surface area contributed by atoms with E-state index < -0.39 is 11.6 Å². The molecule has 1 saturated heterocycles. The number of phenols is 1. The molecule has 0 radical (unpaired) electrons. The lowest BCUT2D eigenvalue weighted by Gasteiger charge is -2.19. The largest absolute Gasteiger partial charge is 0.504 e. The van der Waals surface area contributed by atoms with Gasteiger partial charge in [0.05, 0.1) is 22.4 Å². The molecule has 8 heteroatoms. The first-order valence-corrected chi connectivity index (χ1v) is 10.4. The summed E-state index contributed by atoms with van der Waals surface area (Å²) < 4.78 is 14.4. The molecule has 3 aromatic rings. The first kappa shape index (κ1) is 21.0. The fraction of sp³-hybridized carbons (Fsp3) is 0.348. The Labute approximate surface area is 180 Å². The minimum Gasteiger partial charge on any atom is -0.504 e. The van der Waals surface area contributed by atoms with Gasteiger partial charge in [-0.15, -0.1) is 0 Å². The van der Waals surface area contributed by atoms with Crippen LogP contribution in [-0.4, -0.2) is 53.5 Å². The Bertz CT molecular complexity index is 1150. The van der Waals surface area contributed by atoms with Crippen LogP contribution in [0.15, 0.2) is 35.3 Å². The van der Waals surface area contributed by atoms with E-state index in [0.29, 0.717) is 28.9 Å². The summed E-state index contributed by atoms with van der Waals surface area (Å²) in [5.74, 6) is -0.484. The number of nitrogens with zero attached hydrogens (tertiary/aromatic N) is 4. The van der Waals surface area contributed by atoms with Gasteiger partial charge >= 0.3 is 0 Å². The van der Waals surface area contributed by atoms with Crippen molar-refractivity contribution in [3.63, 3.8) is 0 Å². The van der Waals surface area contributed by atoms with E-state index in [9.17, 15) is 9.50 Å². The Morgan fingerprint density at radius 1 is 1.26 bits per heavy atom. The molecule has 0 saturated carbocycles. The topological polar surface area (TPSA) is 99.7 Å². The standard InChI is InChI=1S/C23H27FN6O/c1-13(2)27-15-8-9-30(12-15)20-7-6-18-19(29-20)5-4-17(28-18)16-10-14(11-26-3)22(25)21(24)23(16)31/h4-7,10-11,13,15,27,31H,8-9,12,25H2,1-3H3/t15-/m0/s1. The zero-order chi connectivity index (χ0) is 22.1. The van der Waals surface area contributed by atoms with Crippen LogP contribution in [0.25, 0.3) is 22.3 Å². The predicted octanol–water partition coefficient (Wildman–Crippen LogP) is 3.35. The highest BCUT2D eigenvalue weighted by atomic mass is 19.1. The van der Waals surface area contributed by atoms with Crippen molar-refractivity contribution in [1.29, 1.82) is 0 Å². The maximum Gasteiger partial charge on any atom is 0.189 e. The van der Waals surface area contributed by atoms with Crippen LogP contribution < -0.4 is 16.0 Å². The molecule has 0 amide bonds. The smallest absolute Gasteiger partial charge is 0.189 e. The zero-order valence-corrected chi connectivity index (χ0v) is 17.9. The van der Waals surface area contributed by atoms with E-state index in [1.807, 2.05) is 18.2 Å². The van der Waals surface area contributed by atoms with E-state index in [1.54, 1.807) is 19.2 Å². The third-order valence-electron chi connectivity index (χ3n) is 5.46. The van der Waals surface area contributed by atoms with Crippen molar-refractivity contribution in [3.05, 3.63) is 41.7 Å². The molecule has 1 aliphatic heterocycles. The summed E-state index contributed by atoms with van der Waals surface area (Å²) in [5.41, 5.74) is 8.11. The first-order chi connectivity index (χ1) is 14.9. The molecule has 0 aliphatic carbocycles. The minimum atomic E-state index is -0.874. The monoisotopic (exact) mass is 422 g/mol. The highest BCUT2D eigenvalue weighted by molar-refractivity contribution is 5.91. The number of nitrogens with one attached hydrogen (secondary N) is 1. The molecule has 3 heterocycles. The van der Waals surface area contributed by atoms with Gasteiger partial charge in [0, 0.05) is 49.6 Å². The number of pyridine rings is 2. The number of halogens is 1. The van der Waals surface area contributed by atoms with Gasteiger partial charge in [0.15, 0.2) is 11.6 Å². The molecule has 1 aromatic carbocycles. The van der Waals surface area contributed by atoms with Gasteiger partial charge in [0.1, 0.15) is 5.82 Å². The van der Waals surface area contributed by atoms with Crippen LogP contribution in [0.2, 0.25) is 0 Å². The van der Waals surface area contributed by atoms with Gasteiger partial charge in [-0.1, -0.05) is 13.8 Å². The minimum absolute atomic E-state index is 0.144. The van der Waals surface area contributed by atoms with Crippen molar-refractivity contribution >= 4 is 28.8 Å². The molecule has 31 heavy (non-hydrogen) atoms. The molecule has 4 rings (SSSR count). The van der Waals surface area contributed by atoms with Crippen LogP contribution in [0, 0.1) is 5.82 Å². The number of anilines is 2. The second-order valence-corrected chi connectivity index (χ2v) is 8.13. The molecule has 1 aliphatic rings. The van der Waals surface area contributed by atoms with Gasteiger partial charge in [0.25, 0.3) is 0 Å². The van der Waals surface area contributed by atoms with Gasteiger partial charge in [0.2, 0.25) is 0 Å². The van der Waals surface area contributed by atoms with E-state index in [0.717, 1.165) is 30.8 Å². The van der Waals surface area contributed by atoms with Gasteiger partial charge < -0.3 is 21.1 Å². The lowest BCUT2D eigenvalue weighted by Crippen LogP contribution is -2.37. The van der Waals surface area contributed by atoms with Crippen molar-refractivity contribution in [1.82, 2.24) is 15.3 Å². The van der Waals surface area contributed by atoms with E-state index in [1.165, 1.54) is 6.21 Å². The molecule has 7 nitrogen and oxygen atoms in total. The van der Waals surface area contributed by atoms with Crippen molar-refractivity contribution in [2.24, 2.45) is 4.99 Å². The Hall–Kier alpha value is -3.26. The van der Waals surface area contributed by atoms with Gasteiger partial charge in [-0.25, -0.2) is 14.4 Å². The summed E-state index contributed by atoms with van der Waals surface area (Å²) in [4.78, 5) is 15.5. The van der Waals surface area contributed by atoms with Crippen LogP contribution >= 0.6 is 0 Å². The Kier molecular flexibility index (Phi) is 5.73. The zero-order valence-electron chi connectivity index (χ0n) is 17.9. The molecule has 1 atom stereocenters. The maximum atomic E-state index is 14.4. The fourth-order valence-electron chi connectivity index (χ4n) is 4.02. The van der Waals surface area contributed by atoms with E-state index in [4.69, 9.17) is 10.7 Å². The molecule has 0 spiro atoms. The van der Waals surface area contributed by atoms with Crippen LogP contribution in [0.1, 0.15) is 25.8 Å². The van der Waals surface area contributed by atoms with E-state index >= 15 is 0 Å². The predicted molar refractivity (Wildman–Crippen MR) is 123 cm³/mol. The van der Waals surface area contributed by atoms with Crippen molar-refractivity contribution in [2.45, 2.75) is 32.4 Å². The summed E-state index contributed by atoms with van der Waals surface area (Å²) >= 11 is 0. The van der Waals surface area contributed by atoms with E-state index in [2.05, 4.69) is 34.0 Å². The second-order valence-electron chi connectivity index (χ2n) is 8.13. The number of nitrogen functional groups attached to an aromatic ring is 1. The van der Waals surface area contributed by atoms with Crippen molar-refractivity contribution in [2.75, 3.05) is 30.8 Å². The average Bonchev–Trinajstić information content (AvgIpc) is 3.21. The summed E-state index contributed by atoms with van der Waals surface area (Å²) in [6, 6.07) is 9.92. The number of hydrogen-bond donors (Lipinski definition) is 3. The molecule has 4 N–H and O–H groups in total. The molecule has 0 unspecified atom stereocenters. The lowest BCUT2D eigenvalue weighted by molar-refractivity contribution is 0.436. The van der Waals surface area contributed by atoms with Crippen LogP contribution in [0.5, 0.6) is 5.75 Å². The first-order valence-electron chi connectivity index (χ1n) is 10.4. The third-order valence-corrected chi connectivity index (χ3v) is 5.46. The number of aliphatic imine (C=N–C) groups is 1. The number of aromatic hydroxyl groups is 1. The van der Waals surface area contributed by atoms with E-state index in [-0.39, 0.29) is 11.3 Å². The van der Waals surface area contributed by atoms with Gasteiger partial charge in [-0.05, 0) is 36.8 Å². The molecule has 162 valence electrons. The van der Waals surface area contributed by atoms with Crippen LogP contribution in [0.4, 0.5) is 15.9 Å². The number of aromatic nitrogens is 2. The number of fused-ring (bicyclic) bond motifs is 1. The number of phenolic OH excluding ortho intramolecular Hbond substituents is 1. The summed E-state index contributed by atoms with van der Waals surface area (Å²) in [6.45, 7) is 6.18. The Balaban J connectivity index is 1.65. The molecule has 0 bridgehead atoms. The fourth-order valence-corrected chi connectivity index (χ4v) is 4.02. The lowest BCUT2D eigenvalue weighted by atomic mass is 10.0. The third kappa shape index (κ3) is 4.16. The number of nitrogens with two attached hydrogens (primary N) is 1. The highest BCUT2D eigenvalue weighted by Crippen LogP contribution is 2.36. The SMILES string of the molecule is CN=Cc1cc(-c2ccc3nc(N4CC[C@H](NC(C)C)C4)ccc3n2)c(O)c(F)c1N. The van der Waals surface area contributed by atoms with Crippen molar-refractivity contribution < 1.29 is 9.50 Å². The van der Waals surface area contributed by atoms with Crippen LogP contribution in [0.3, 0.4) is 0 Å². The van der Waals surface area contributed by atoms with Gasteiger partial charge in [-0.3, -0.25) is 4.99 Å². The summed E-state index contributed by atoms with van der Waals surface area (Å²) in [7, 11) is 1.57.